The third-order valence-corrected chi connectivity index (χ3v) is 4.76. The normalized spacial score (nSPS) is 14.4. The van der Waals surface area contributed by atoms with Crippen molar-refractivity contribution in [2.75, 3.05) is 5.75 Å². The fourth-order valence-corrected chi connectivity index (χ4v) is 2.73. The van der Waals surface area contributed by atoms with Crippen LogP contribution in [0.15, 0.2) is 18.2 Å². The van der Waals surface area contributed by atoms with E-state index in [1.165, 1.54) is 0 Å². The highest BCUT2D eigenvalue weighted by Gasteiger charge is 2.16. The maximum absolute atomic E-state index is 12.0. The lowest BCUT2D eigenvalue weighted by molar-refractivity contribution is 0.102. The van der Waals surface area contributed by atoms with Gasteiger partial charge in [-0.3, -0.25) is 9.00 Å². The predicted molar refractivity (Wildman–Crippen MR) is 73.0 cm³/mol. The minimum Gasteiger partial charge on any atom is -0.293 e. The molecule has 0 spiro atoms. The first-order chi connectivity index (χ1) is 7.95. The van der Waals surface area contributed by atoms with Crippen molar-refractivity contribution in [3.05, 3.63) is 34.9 Å². The van der Waals surface area contributed by atoms with E-state index in [1.807, 2.05) is 45.9 Å². The molecule has 0 radical (unpaired) electrons. The zero-order chi connectivity index (χ0) is 13.0. The summed E-state index contributed by atoms with van der Waals surface area (Å²) >= 11 is 0. The van der Waals surface area contributed by atoms with Crippen molar-refractivity contribution in [3.8, 4) is 0 Å². The molecule has 0 aromatic heterocycles. The lowest BCUT2D eigenvalue weighted by Gasteiger charge is -2.09. The molecule has 3 heteroatoms. The van der Waals surface area contributed by atoms with Crippen molar-refractivity contribution in [2.45, 2.75) is 39.4 Å². The van der Waals surface area contributed by atoms with E-state index in [2.05, 4.69) is 0 Å². The number of Topliss-reactive ketones (excluding diaryl/α,β-unsaturated/α-hetero) is 1. The van der Waals surface area contributed by atoms with Crippen molar-refractivity contribution in [2.24, 2.45) is 0 Å². The van der Waals surface area contributed by atoms with Crippen LogP contribution in [-0.2, 0) is 10.8 Å². The molecular formula is C14H20O2S. The highest BCUT2D eigenvalue weighted by atomic mass is 32.2. The summed E-state index contributed by atoms with van der Waals surface area (Å²) < 4.78 is 11.8. The second-order valence-corrected chi connectivity index (χ2v) is 6.34. The number of carbonyl (C=O) groups excluding carboxylic acids is 1. The fraction of sp³-hybridized carbons (Fsp3) is 0.500. The Bertz CT molecular complexity index is 438. The molecule has 0 saturated heterocycles. The molecule has 2 nitrogen and oxygen atoms in total. The van der Waals surface area contributed by atoms with E-state index in [4.69, 9.17) is 0 Å². The summed E-state index contributed by atoms with van der Waals surface area (Å²) in [6.07, 6.45) is 0.840. The van der Waals surface area contributed by atoms with Gasteiger partial charge in [0.1, 0.15) is 0 Å². The molecule has 0 aliphatic heterocycles. The van der Waals surface area contributed by atoms with E-state index < -0.39 is 10.8 Å². The van der Waals surface area contributed by atoms with Crippen LogP contribution >= 0.6 is 0 Å². The van der Waals surface area contributed by atoms with E-state index in [1.54, 1.807) is 0 Å². The van der Waals surface area contributed by atoms with Gasteiger partial charge in [-0.2, -0.15) is 0 Å². The largest absolute Gasteiger partial charge is 0.293 e. The highest BCUT2D eigenvalue weighted by molar-refractivity contribution is 7.86. The summed E-state index contributed by atoms with van der Waals surface area (Å²) in [5.41, 5.74) is 2.81. The van der Waals surface area contributed by atoms with Crippen LogP contribution in [0.25, 0.3) is 0 Å². The smallest absolute Gasteiger partial charge is 0.175 e. The molecule has 0 bridgehead atoms. The SMILES string of the molecule is CCC(C)S(=O)CC(=O)c1ccc(C)cc1C. The molecule has 0 amide bonds. The van der Waals surface area contributed by atoms with Crippen molar-refractivity contribution in [1.29, 1.82) is 0 Å². The second kappa shape index (κ2) is 6.10. The van der Waals surface area contributed by atoms with Crippen molar-refractivity contribution in [3.63, 3.8) is 0 Å². The second-order valence-electron chi connectivity index (χ2n) is 4.49. The number of benzene rings is 1. The standard InChI is InChI=1S/C14H20O2S/c1-5-12(4)17(16)9-14(15)13-7-6-10(2)8-11(13)3/h6-8,12H,5,9H2,1-4H3. The molecule has 1 rings (SSSR count). The van der Waals surface area contributed by atoms with E-state index >= 15 is 0 Å². The lowest BCUT2D eigenvalue weighted by Crippen LogP contribution is -2.19. The molecule has 0 heterocycles. The third kappa shape index (κ3) is 3.77. The van der Waals surface area contributed by atoms with E-state index in [-0.39, 0.29) is 16.8 Å². The number of carbonyl (C=O) groups is 1. The first-order valence-corrected chi connectivity index (χ1v) is 7.31. The summed E-state index contributed by atoms with van der Waals surface area (Å²) in [7, 11) is -1.06. The molecule has 0 aliphatic rings. The minimum absolute atomic E-state index is 0.0128. The maximum Gasteiger partial charge on any atom is 0.175 e. The molecule has 1 aromatic rings. The summed E-state index contributed by atoms with van der Waals surface area (Å²) in [6.45, 7) is 7.83. The molecule has 17 heavy (non-hydrogen) atoms. The Morgan fingerprint density at radius 3 is 2.53 bits per heavy atom. The summed E-state index contributed by atoms with van der Waals surface area (Å²) in [6, 6.07) is 5.74. The fourth-order valence-electron chi connectivity index (χ4n) is 1.66. The first-order valence-electron chi connectivity index (χ1n) is 5.93. The third-order valence-electron chi connectivity index (χ3n) is 2.98. The molecule has 2 unspecified atom stereocenters. The van der Waals surface area contributed by atoms with Gasteiger partial charge < -0.3 is 0 Å². The van der Waals surface area contributed by atoms with Gasteiger partial charge in [0, 0.05) is 21.6 Å². The van der Waals surface area contributed by atoms with Gasteiger partial charge in [-0.25, -0.2) is 0 Å². The van der Waals surface area contributed by atoms with Gasteiger partial charge in [-0.05, 0) is 25.8 Å². The quantitative estimate of drug-likeness (QED) is 0.755. The zero-order valence-corrected chi connectivity index (χ0v) is 11.8. The van der Waals surface area contributed by atoms with Crippen molar-refractivity contribution in [1.82, 2.24) is 0 Å². The lowest BCUT2D eigenvalue weighted by atomic mass is 10.0. The van der Waals surface area contributed by atoms with E-state index in [0.29, 0.717) is 5.56 Å². The Balaban J connectivity index is 2.80. The molecule has 94 valence electrons. The summed E-state index contributed by atoms with van der Waals surface area (Å²) in [5, 5.41) is 0.0877. The Labute approximate surface area is 106 Å². The van der Waals surface area contributed by atoms with Gasteiger partial charge in [0.05, 0.1) is 5.75 Å². The topological polar surface area (TPSA) is 34.1 Å². The number of hydrogen-bond donors (Lipinski definition) is 0. The number of hydrogen-bond acceptors (Lipinski definition) is 2. The average molecular weight is 252 g/mol. The van der Waals surface area contributed by atoms with Gasteiger partial charge in [0.2, 0.25) is 0 Å². The van der Waals surface area contributed by atoms with Crippen LogP contribution in [0.1, 0.15) is 41.8 Å². The average Bonchev–Trinajstić information content (AvgIpc) is 2.27. The van der Waals surface area contributed by atoms with Crippen LogP contribution < -0.4 is 0 Å². The number of aryl methyl sites for hydroxylation is 2. The monoisotopic (exact) mass is 252 g/mol. The maximum atomic E-state index is 12.0. The van der Waals surface area contributed by atoms with Gasteiger partial charge >= 0.3 is 0 Å². The molecule has 1 aromatic carbocycles. The molecule has 0 fully saturated rings. The van der Waals surface area contributed by atoms with Crippen LogP contribution in [0, 0.1) is 13.8 Å². The van der Waals surface area contributed by atoms with Crippen LogP contribution in [0.3, 0.4) is 0 Å². The minimum atomic E-state index is -1.06. The van der Waals surface area contributed by atoms with Gasteiger partial charge in [0.15, 0.2) is 5.78 Å². The Morgan fingerprint density at radius 2 is 2.00 bits per heavy atom. The Hall–Kier alpha value is -0.960. The van der Waals surface area contributed by atoms with Crippen LogP contribution in [0.2, 0.25) is 0 Å². The van der Waals surface area contributed by atoms with Gasteiger partial charge in [-0.1, -0.05) is 37.6 Å². The van der Waals surface area contributed by atoms with Crippen LogP contribution in [0.5, 0.6) is 0 Å². The molecule has 0 N–H and O–H groups in total. The molecular weight excluding hydrogens is 232 g/mol. The van der Waals surface area contributed by atoms with Crippen molar-refractivity contribution >= 4 is 16.6 Å². The molecule has 0 saturated carbocycles. The number of ketones is 1. The molecule has 0 aliphatic carbocycles. The van der Waals surface area contributed by atoms with E-state index in [0.717, 1.165) is 17.5 Å². The highest BCUT2D eigenvalue weighted by Crippen LogP contribution is 2.13. The first kappa shape index (κ1) is 14.1. The van der Waals surface area contributed by atoms with Gasteiger partial charge in [0.25, 0.3) is 0 Å². The van der Waals surface area contributed by atoms with Crippen molar-refractivity contribution < 1.29 is 9.00 Å². The summed E-state index contributed by atoms with van der Waals surface area (Å²) in [5.74, 6) is 0.125. The Morgan fingerprint density at radius 1 is 1.35 bits per heavy atom. The Kier molecular flexibility index (Phi) is 5.06. The predicted octanol–water partition coefficient (Wildman–Crippen LogP) is 3.03. The summed E-state index contributed by atoms with van der Waals surface area (Å²) in [4.78, 5) is 12.0. The molecule has 2 atom stereocenters. The zero-order valence-electron chi connectivity index (χ0n) is 10.9. The van der Waals surface area contributed by atoms with Crippen LogP contribution in [-0.4, -0.2) is 21.0 Å². The van der Waals surface area contributed by atoms with E-state index in [9.17, 15) is 9.00 Å². The number of rotatable bonds is 5. The van der Waals surface area contributed by atoms with Crippen LogP contribution in [0.4, 0.5) is 0 Å². The van der Waals surface area contributed by atoms with Gasteiger partial charge in [-0.15, -0.1) is 0 Å².